The van der Waals surface area contributed by atoms with E-state index in [1.165, 1.54) is 19.1 Å². The maximum atomic E-state index is 12.9. The quantitative estimate of drug-likeness (QED) is 0.615. The van der Waals surface area contributed by atoms with Crippen LogP contribution < -0.4 is 4.72 Å². The Hall–Kier alpha value is -2.33. The molecule has 134 valence electrons. The van der Waals surface area contributed by atoms with Crippen molar-refractivity contribution in [2.45, 2.75) is 18.0 Å². The van der Waals surface area contributed by atoms with Crippen LogP contribution in [0.2, 0.25) is 5.02 Å². The third kappa shape index (κ3) is 4.20. The first kappa shape index (κ1) is 19.0. The maximum absolute atomic E-state index is 12.9. The molecular formula is C14H10ClF3N2O4S. The Morgan fingerprint density at radius 2 is 1.80 bits per heavy atom. The Morgan fingerprint density at radius 1 is 1.16 bits per heavy atom. The highest BCUT2D eigenvalue weighted by atomic mass is 35.5. The summed E-state index contributed by atoms with van der Waals surface area (Å²) in [5, 5.41) is 10.1. The van der Waals surface area contributed by atoms with Gasteiger partial charge in [0, 0.05) is 12.1 Å². The number of rotatable bonds is 4. The number of nitrogens with zero attached hydrogens (tertiary/aromatic N) is 1. The van der Waals surface area contributed by atoms with Crippen molar-refractivity contribution in [1.29, 1.82) is 0 Å². The molecular weight excluding hydrogens is 385 g/mol. The molecule has 0 aliphatic heterocycles. The van der Waals surface area contributed by atoms with Gasteiger partial charge in [-0.2, -0.15) is 13.2 Å². The summed E-state index contributed by atoms with van der Waals surface area (Å²) in [6, 6.07) is 5.60. The average Bonchev–Trinajstić information content (AvgIpc) is 2.48. The van der Waals surface area contributed by atoms with E-state index in [1.54, 1.807) is 0 Å². The van der Waals surface area contributed by atoms with Gasteiger partial charge in [0.2, 0.25) is 0 Å². The molecule has 0 aromatic heterocycles. The molecule has 25 heavy (non-hydrogen) atoms. The van der Waals surface area contributed by atoms with Gasteiger partial charge in [0.1, 0.15) is 0 Å². The van der Waals surface area contributed by atoms with Gasteiger partial charge in [-0.15, -0.1) is 0 Å². The molecule has 0 saturated heterocycles. The Balaban J connectivity index is 2.47. The van der Waals surface area contributed by atoms with E-state index in [4.69, 9.17) is 11.6 Å². The largest absolute Gasteiger partial charge is 0.417 e. The number of benzene rings is 2. The third-order valence-corrected chi connectivity index (χ3v) is 4.92. The Morgan fingerprint density at radius 3 is 2.36 bits per heavy atom. The molecule has 6 nitrogen and oxygen atoms in total. The molecule has 0 aliphatic rings. The van der Waals surface area contributed by atoms with Crippen LogP contribution in [0.5, 0.6) is 0 Å². The smallest absolute Gasteiger partial charge is 0.279 e. The van der Waals surface area contributed by atoms with E-state index in [-0.39, 0.29) is 11.4 Å². The first-order valence-corrected chi connectivity index (χ1v) is 8.42. The second kappa shape index (κ2) is 6.52. The summed E-state index contributed by atoms with van der Waals surface area (Å²) < 4.78 is 65.3. The summed E-state index contributed by atoms with van der Waals surface area (Å²) in [5.74, 6) is 0. The van der Waals surface area contributed by atoms with Gasteiger partial charge in [0.25, 0.3) is 15.7 Å². The molecule has 11 heteroatoms. The first-order valence-electron chi connectivity index (χ1n) is 6.56. The third-order valence-electron chi connectivity index (χ3n) is 3.23. The summed E-state index contributed by atoms with van der Waals surface area (Å²) in [6.45, 7) is 1.49. The number of non-ortho nitro benzene ring substituents is 1. The molecule has 0 unspecified atom stereocenters. The van der Waals surface area contributed by atoms with Crippen molar-refractivity contribution in [2.75, 3.05) is 4.72 Å². The number of alkyl halides is 3. The van der Waals surface area contributed by atoms with Crippen molar-refractivity contribution in [1.82, 2.24) is 0 Å². The van der Waals surface area contributed by atoms with Crippen LogP contribution in [0.25, 0.3) is 0 Å². The van der Waals surface area contributed by atoms with Gasteiger partial charge < -0.3 is 0 Å². The molecule has 0 amide bonds. The van der Waals surface area contributed by atoms with Gasteiger partial charge in [-0.3, -0.25) is 14.8 Å². The van der Waals surface area contributed by atoms with E-state index in [0.717, 1.165) is 18.2 Å². The minimum atomic E-state index is -4.83. The Bertz CT molecular complexity index is 946. The van der Waals surface area contributed by atoms with E-state index in [9.17, 15) is 31.7 Å². The molecule has 0 saturated carbocycles. The van der Waals surface area contributed by atoms with Gasteiger partial charge in [0.05, 0.1) is 26.1 Å². The number of hydrogen-bond acceptors (Lipinski definition) is 4. The highest BCUT2D eigenvalue weighted by Gasteiger charge is 2.34. The molecule has 2 aromatic carbocycles. The predicted octanol–water partition coefficient (Wildman–Crippen LogP) is 4.38. The van der Waals surface area contributed by atoms with Crippen LogP contribution in [0.4, 0.5) is 24.5 Å². The van der Waals surface area contributed by atoms with Gasteiger partial charge in [-0.05, 0) is 30.7 Å². The minimum absolute atomic E-state index is 0.113. The second-order valence-corrected chi connectivity index (χ2v) is 7.09. The Kier molecular flexibility index (Phi) is 4.96. The van der Waals surface area contributed by atoms with Gasteiger partial charge in [-0.1, -0.05) is 17.7 Å². The van der Waals surface area contributed by atoms with Crippen LogP contribution in [0, 0.1) is 17.0 Å². The predicted molar refractivity (Wildman–Crippen MR) is 85.1 cm³/mol. The second-order valence-electron chi connectivity index (χ2n) is 5.00. The lowest BCUT2D eigenvalue weighted by Gasteiger charge is -2.13. The van der Waals surface area contributed by atoms with Crippen molar-refractivity contribution in [3.05, 3.63) is 62.7 Å². The van der Waals surface area contributed by atoms with Crippen LogP contribution in [-0.4, -0.2) is 13.3 Å². The lowest BCUT2D eigenvalue weighted by atomic mass is 10.2. The summed E-state index contributed by atoms with van der Waals surface area (Å²) in [4.78, 5) is 9.39. The van der Waals surface area contributed by atoms with E-state index < -0.39 is 36.6 Å². The van der Waals surface area contributed by atoms with E-state index in [0.29, 0.717) is 11.6 Å². The molecule has 0 heterocycles. The number of nitrogens with one attached hydrogen (secondary N) is 1. The molecule has 1 N–H and O–H groups in total. The zero-order valence-corrected chi connectivity index (χ0v) is 14.0. The zero-order valence-electron chi connectivity index (χ0n) is 12.5. The number of nitro benzene ring substituents is 1. The Labute approximate surface area is 145 Å². The highest BCUT2D eigenvalue weighted by molar-refractivity contribution is 7.92. The number of halogens is 4. The lowest BCUT2D eigenvalue weighted by Crippen LogP contribution is -2.15. The van der Waals surface area contributed by atoms with E-state index >= 15 is 0 Å². The minimum Gasteiger partial charge on any atom is -0.279 e. The molecule has 0 atom stereocenters. The van der Waals surface area contributed by atoms with Crippen molar-refractivity contribution in [2.24, 2.45) is 0 Å². The summed E-state index contributed by atoms with van der Waals surface area (Å²) >= 11 is 5.46. The van der Waals surface area contributed by atoms with Gasteiger partial charge in [0.15, 0.2) is 0 Å². The fourth-order valence-electron chi connectivity index (χ4n) is 1.93. The van der Waals surface area contributed by atoms with Crippen molar-refractivity contribution in [3.63, 3.8) is 0 Å². The van der Waals surface area contributed by atoms with Crippen LogP contribution in [0.1, 0.15) is 11.1 Å². The highest BCUT2D eigenvalue weighted by Crippen LogP contribution is 2.36. The number of nitro groups is 1. The standard InChI is InChI=1S/C14H10ClF3N2O4S/c1-8-2-3-9(20(21)22)6-13(8)19-25(23,24)10-4-5-12(15)11(7-10)14(16,17)18/h2-7,19H,1H3. The van der Waals surface area contributed by atoms with Crippen molar-refractivity contribution < 1.29 is 26.5 Å². The van der Waals surface area contributed by atoms with Gasteiger partial charge >= 0.3 is 6.18 Å². The first-order chi connectivity index (χ1) is 11.4. The van der Waals surface area contributed by atoms with Crippen LogP contribution in [-0.2, 0) is 16.2 Å². The van der Waals surface area contributed by atoms with E-state index in [2.05, 4.69) is 4.72 Å². The summed E-state index contributed by atoms with van der Waals surface area (Å²) in [7, 11) is -4.41. The van der Waals surface area contributed by atoms with Gasteiger partial charge in [-0.25, -0.2) is 8.42 Å². The number of hydrogen-bond donors (Lipinski definition) is 1. The van der Waals surface area contributed by atoms with Crippen LogP contribution in [0.3, 0.4) is 0 Å². The average molecular weight is 395 g/mol. The fourth-order valence-corrected chi connectivity index (χ4v) is 3.30. The maximum Gasteiger partial charge on any atom is 0.417 e. The van der Waals surface area contributed by atoms with Crippen LogP contribution in [0.15, 0.2) is 41.3 Å². The topological polar surface area (TPSA) is 89.3 Å². The zero-order chi connectivity index (χ0) is 19.0. The molecule has 0 spiro atoms. The molecule has 0 aliphatic carbocycles. The monoisotopic (exact) mass is 394 g/mol. The lowest BCUT2D eigenvalue weighted by molar-refractivity contribution is -0.384. The summed E-state index contributed by atoms with van der Waals surface area (Å²) in [6.07, 6.45) is -4.83. The van der Waals surface area contributed by atoms with Crippen molar-refractivity contribution >= 4 is 33.0 Å². The fraction of sp³-hybridized carbons (Fsp3) is 0.143. The molecule has 0 fully saturated rings. The number of anilines is 1. The molecule has 2 rings (SSSR count). The normalized spacial score (nSPS) is 12.0. The molecule has 0 radical (unpaired) electrons. The summed E-state index contributed by atoms with van der Waals surface area (Å²) in [5.41, 5.74) is -1.42. The number of aryl methyl sites for hydroxylation is 1. The number of sulfonamides is 1. The van der Waals surface area contributed by atoms with Crippen molar-refractivity contribution in [3.8, 4) is 0 Å². The molecule has 0 bridgehead atoms. The van der Waals surface area contributed by atoms with Crippen LogP contribution >= 0.6 is 11.6 Å². The molecule has 2 aromatic rings. The van der Waals surface area contributed by atoms with E-state index in [1.807, 2.05) is 0 Å². The SMILES string of the molecule is Cc1ccc([N+](=O)[O-])cc1NS(=O)(=O)c1ccc(Cl)c(C(F)(F)F)c1.